The molecule has 0 fully saturated rings. The fourth-order valence-corrected chi connectivity index (χ4v) is 0.982. The van der Waals surface area contributed by atoms with Gasteiger partial charge in [0.1, 0.15) is 6.29 Å². The molecule has 0 heterocycles. The fourth-order valence-electron chi connectivity index (χ4n) is 0.982. The highest BCUT2D eigenvalue weighted by Gasteiger charge is 2.10. The Morgan fingerprint density at radius 3 is 1.89 bits per heavy atom. The number of carboxylic acid groups (broad SMARTS) is 1. The van der Waals surface area contributed by atoms with Gasteiger partial charge in [0.2, 0.25) is 5.75 Å². The van der Waals surface area contributed by atoms with Crippen LogP contribution in [-0.2, 0) is 4.79 Å². The lowest BCUT2D eigenvalue weighted by Gasteiger charge is -2.08. The molecule has 1 aromatic carbocycles. The van der Waals surface area contributed by atoms with Gasteiger partial charge in [-0.3, -0.25) is 4.79 Å². The summed E-state index contributed by atoms with van der Waals surface area (Å²) >= 11 is 0. The summed E-state index contributed by atoms with van der Waals surface area (Å²) in [6, 6.07) is 2.87. The maximum absolute atomic E-state index is 10.5. The number of aliphatic carboxylic acids is 1. The van der Waals surface area contributed by atoms with Gasteiger partial charge in [0.25, 0.3) is 0 Å². The Bertz CT molecular complexity index is 413. The van der Waals surface area contributed by atoms with Crippen molar-refractivity contribution < 1.29 is 29.3 Å². The van der Waals surface area contributed by atoms with E-state index in [2.05, 4.69) is 6.58 Å². The molecular weight excluding hydrogens is 240 g/mol. The topological polar surface area (TPSA) is 93.1 Å². The predicted molar refractivity (Wildman–Crippen MR) is 64.4 cm³/mol. The molecule has 1 aromatic rings. The summed E-state index contributed by atoms with van der Waals surface area (Å²) in [5, 5.41) is 17.0. The number of carboxylic acids is 1. The summed E-state index contributed by atoms with van der Waals surface area (Å²) in [6.45, 7) is 2.96. The molecule has 0 atom stereocenters. The van der Waals surface area contributed by atoms with E-state index in [-0.39, 0.29) is 17.2 Å². The van der Waals surface area contributed by atoms with Crippen molar-refractivity contribution in [3.63, 3.8) is 0 Å². The van der Waals surface area contributed by atoms with Gasteiger partial charge in [0.15, 0.2) is 11.5 Å². The number of ether oxygens (including phenoxy) is 2. The number of aldehydes is 1. The van der Waals surface area contributed by atoms with E-state index in [0.29, 0.717) is 11.8 Å². The molecule has 0 saturated carbocycles. The summed E-state index contributed by atoms with van der Waals surface area (Å²) in [5.41, 5.74) is 0.395. The van der Waals surface area contributed by atoms with Gasteiger partial charge in [0.05, 0.1) is 14.2 Å². The molecule has 0 spiro atoms. The average Bonchev–Trinajstić information content (AvgIpc) is 2.39. The van der Waals surface area contributed by atoms with Crippen LogP contribution in [0.2, 0.25) is 0 Å². The lowest BCUT2D eigenvalue weighted by atomic mass is 10.2. The Morgan fingerprint density at radius 1 is 1.28 bits per heavy atom. The highest BCUT2D eigenvalue weighted by Crippen LogP contribution is 2.36. The first-order valence-corrected chi connectivity index (χ1v) is 4.75. The zero-order valence-corrected chi connectivity index (χ0v) is 10.0. The predicted octanol–water partition coefficient (Wildman–Crippen LogP) is 1.48. The molecule has 6 heteroatoms. The molecule has 0 aliphatic carbocycles. The normalized spacial score (nSPS) is 8.56. The van der Waals surface area contributed by atoms with Crippen LogP contribution >= 0.6 is 0 Å². The molecular formula is C12H14O6. The monoisotopic (exact) mass is 254 g/mol. The van der Waals surface area contributed by atoms with Crippen LogP contribution in [0.15, 0.2) is 24.8 Å². The van der Waals surface area contributed by atoms with E-state index in [1.165, 1.54) is 26.4 Å². The van der Waals surface area contributed by atoms with E-state index in [4.69, 9.17) is 14.6 Å². The zero-order valence-electron chi connectivity index (χ0n) is 10.0. The molecule has 1 rings (SSSR count). The van der Waals surface area contributed by atoms with Gasteiger partial charge in [-0.25, -0.2) is 4.79 Å². The van der Waals surface area contributed by atoms with Crippen molar-refractivity contribution >= 4 is 12.3 Å². The van der Waals surface area contributed by atoms with Crippen LogP contribution in [0, 0.1) is 0 Å². The zero-order chi connectivity index (χ0) is 14.1. The second-order valence-corrected chi connectivity index (χ2v) is 2.93. The van der Waals surface area contributed by atoms with Gasteiger partial charge in [-0.15, -0.1) is 0 Å². The highest BCUT2D eigenvalue weighted by atomic mass is 16.5. The number of rotatable bonds is 4. The van der Waals surface area contributed by atoms with Crippen LogP contribution in [-0.4, -0.2) is 36.7 Å². The van der Waals surface area contributed by atoms with Crippen molar-refractivity contribution in [1.82, 2.24) is 0 Å². The average molecular weight is 254 g/mol. The summed E-state index contributed by atoms with van der Waals surface area (Å²) in [4.78, 5) is 19.7. The summed E-state index contributed by atoms with van der Waals surface area (Å²) < 4.78 is 9.68. The molecule has 0 saturated heterocycles. The highest BCUT2D eigenvalue weighted by molar-refractivity contribution is 5.79. The van der Waals surface area contributed by atoms with E-state index in [1.54, 1.807) is 0 Å². The first kappa shape index (κ1) is 15.5. The van der Waals surface area contributed by atoms with Crippen molar-refractivity contribution in [2.45, 2.75) is 0 Å². The molecule has 2 N–H and O–H groups in total. The summed E-state index contributed by atoms with van der Waals surface area (Å²) in [6.07, 6.45) is 1.49. The number of benzene rings is 1. The van der Waals surface area contributed by atoms with Crippen LogP contribution in [0.1, 0.15) is 10.4 Å². The van der Waals surface area contributed by atoms with Crippen molar-refractivity contribution in [1.29, 1.82) is 0 Å². The van der Waals surface area contributed by atoms with Crippen LogP contribution < -0.4 is 9.47 Å². The Labute approximate surface area is 104 Å². The van der Waals surface area contributed by atoms with Gasteiger partial charge in [-0.2, -0.15) is 0 Å². The number of carbonyl (C=O) groups excluding carboxylic acids is 1. The number of aromatic hydroxyl groups is 1. The van der Waals surface area contributed by atoms with E-state index in [9.17, 15) is 14.7 Å². The van der Waals surface area contributed by atoms with Gasteiger partial charge in [-0.1, -0.05) is 6.58 Å². The van der Waals surface area contributed by atoms with Crippen LogP contribution in [0.3, 0.4) is 0 Å². The summed E-state index contributed by atoms with van der Waals surface area (Å²) in [5.74, 6) is -0.636. The second-order valence-electron chi connectivity index (χ2n) is 2.93. The molecule has 0 amide bonds. The minimum atomic E-state index is -0.981. The van der Waals surface area contributed by atoms with Crippen molar-refractivity contribution in [3.05, 3.63) is 30.4 Å². The third kappa shape index (κ3) is 4.56. The molecule has 0 aliphatic rings. The van der Waals surface area contributed by atoms with Gasteiger partial charge < -0.3 is 19.7 Å². The van der Waals surface area contributed by atoms with Crippen molar-refractivity contribution in [2.24, 2.45) is 0 Å². The Balaban J connectivity index is 0.000000494. The van der Waals surface area contributed by atoms with Gasteiger partial charge in [0, 0.05) is 11.6 Å². The van der Waals surface area contributed by atoms with E-state index in [1.807, 2.05) is 0 Å². The molecule has 6 nitrogen and oxygen atoms in total. The number of carbonyl (C=O) groups is 2. The summed E-state index contributed by atoms with van der Waals surface area (Å²) in [7, 11) is 2.81. The Kier molecular flexibility index (Phi) is 6.65. The first-order valence-electron chi connectivity index (χ1n) is 4.75. The quantitative estimate of drug-likeness (QED) is 0.624. The standard InChI is InChI=1S/C9H10O4.C3H4O2/c1-12-7-3-6(5-10)4-8(13-2)9(7)11;1-2-3(4)5/h3-5,11H,1-2H3;2H,1H2,(H,4,5). The number of methoxy groups -OCH3 is 2. The lowest BCUT2D eigenvalue weighted by Crippen LogP contribution is -1.91. The number of phenolic OH excluding ortho intramolecular Hbond substituents is 1. The maximum atomic E-state index is 10.5. The fraction of sp³-hybridized carbons (Fsp3) is 0.167. The third-order valence-electron chi connectivity index (χ3n) is 1.81. The molecule has 98 valence electrons. The molecule has 0 bridgehead atoms. The van der Waals surface area contributed by atoms with E-state index < -0.39 is 5.97 Å². The Hall–Kier alpha value is -2.50. The number of phenols is 1. The molecule has 0 aliphatic heterocycles. The molecule has 0 aromatic heterocycles. The van der Waals surface area contributed by atoms with Gasteiger partial charge in [-0.05, 0) is 12.1 Å². The first-order chi connectivity index (χ1) is 8.49. The Morgan fingerprint density at radius 2 is 1.67 bits per heavy atom. The molecule has 0 unspecified atom stereocenters. The largest absolute Gasteiger partial charge is 0.502 e. The minimum Gasteiger partial charge on any atom is -0.502 e. The van der Waals surface area contributed by atoms with E-state index >= 15 is 0 Å². The van der Waals surface area contributed by atoms with Crippen LogP contribution in [0.4, 0.5) is 0 Å². The van der Waals surface area contributed by atoms with Crippen LogP contribution in [0.25, 0.3) is 0 Å². The SMILES string of the molecule is C=CC(=O)O.COc1cc(C=O)cc(OC)c1O. The van der Waals surface area contributed by atoms with Gasteiger partial charge >= 0.3 is 5.97 Å². The van der Waals surface area contributed by atoms with Crippen molar-refractivity contribution in [3.8, 4) is 17.2 Å². The van der Waals surface area contributed by atoms with Crippen molar-refractivity contribution in [2.75, 3.05) is 14.2 Å². The third-order valence-corrected chi connectivity index (χ3v) is 1.81. The molecule has 18 heavy (non-hydrogen) atoms. The molecule has 0 radical (unpaired) electrons. The number of hydrogen-bond acceptors (Lipinski definition) is 5. The smallest absolute Gasteiger partial charge is 0.327 e. The van der Waals surface area contributed by atoms with E-state index in [0.717, 1.165) is 6.08 Å². The second kappa shape index (κ2) is 7.72. The lowest BCUT2D eigenvalue weighted by molar-refractivity contribution is -0.131. The van der Waals surface area contributed by atoms with Crippen LogP contribution in [0.5, 0.6) is 17.2 Å². The maximum Gasteiger partial charge on any atom is 0.327 e. The number of hydrogen-bond donors (Lipinski definition) is 2. The minimum absolute atomic E-state index is 0.101.